The molecule has 0 fully saturated rings. The summed E-state index contributed by atoms with van der Waals surface area (Å²) in [5, 5.41) is 2.31. The minimum Gasteiger partial charge on any atom is -0.289 e. The molecule has 210 valence electrons. The van der Waals surface area contributed by atoms with Crippen molar-refractivity contribution in [2.24, 2.45) is 0 Å². The third kappa shape index (κ3) is 10.4. The average Bonchev–Trinajstić information content (AvgIpc) is 2.95. The van der Waals surface area contributed by atoms with E-state index in [9.17, 15) is 9.59 Å². The highest BCUT2D eigenvalue weighted by Gasteiger charge is 2.24. The van der Waals surface area contributed by atoms with Gasteiger partial charge in [-0.3, -0.25) is 9.78 Å². The number of hydrogen-bond donors (Lipinski definition) is 0. The van der Waals surface area contributed by atoms with Gasteiger partial charge in [-0.1, -0.05) is 111 Å². The molecule has 39 heavy (non-hydrogen) atoms. The van der Waals surface area contributed by atoms with E-state index < -0.39 is 28.1 Å². The molecule has 0 N–H and O–H groups in total. The van der Waals surface area contributed by atoms with E-state index in [0.29, 0.717) is 24.0 Å². The van der Waals surface area contributed by atoms with Gasteiger partial charge in [-0.05, 0) is 30.7 Å². The molecule has 0 spiro atoms. The Balaban J connectivity index is 1.98. The number of rotatable bonds is 17. The first-order valence-corrected chi connectivity index (χ1v) is 19.6. The first-order chi connectivity index (χ1) is 18.5. The molecule has 0 aliphatic carbocycles. The quantitative estimate of drug-likeness (QED) is 0.0898. The van der Waals surface area contributed by atoms with Crippen LogP contribution < -0.4 is 10.4 Å². The van der Waals surface area contributed by atoms with E-state index in [4.69, 9.17) is 19.6 Å². The van der Waals surface area contributed by atoms with Crippen LogP contribution in [0.2, 0.25) is 26.2 Å². The maximum atomic E-state index is 12.6. The molecule has 0 heterocycles. The molecule has 2 aromatic rings. The summed E-state index contributed by atoms with van der Waals surface area (Å²) in [6.07, 6.45) is 5.97. The summed E-state index contributed by atoms with van der Waals surface area (Å²) in [4.78, 5) is 45.6. The molecular weight excluding hydrogens is 525 g/mol. The molecule has 0 atom stereocenters. The van der Waals surface area contributed by atoms with Gasteiger partial charge in [0, 0.05) is 6.42 Å². The predicted molar refractivity (Wildman–Crippen MR) is 161 cm³/mol. The van der Waals surface area contributed by atoms with Crippen molar-refractivity contribution in [3.8, 4) is 0 Å². The van der Waals surface area contributed by atoms with Gasteiger partial charge >= 0.3 is 18.2 Å². The van der Waals surface area contributed by atoms with Gasteiger partial charge in [0.1, 0.15) is 16.1 Å². The summed E-state index contributed by atoms with van der Waals surface area (Å²) in [6.45, 7) is 20.4. The molecule has 2 aromatic carbocycles. The third-order valence-electron chi connectivity index (χ3n) is 6.80. The summed E-state index contributed by atoms with van der Waals surface area (Å²) in [6, 6.07) is 14.4. The molecule has 0 bridgehead atoms. The van der Waals surface area contributed by atoms with Crippen LogP contribution in [0.3, 0.4) is 0 Å². The van der Waals surface area contributed by atoms with Crippen molar-refractivity contribution in [1.82, 2.24) is 0 Å². The van der Waals surface area contributed by atoms with Crippen molar-refractivity contribution in [1.29, 1.82) is 0 Å². The maximum Gasteiger partial charge on any atom is 0.373 e. The van der Waals surface area contributed by atoms with E-state index in [1.54, 1.807) is 24.3 Å². The molecule has 2 rings (SSSR count). The molecule has 0 aliphatic heterocycles. The maximum absolute atomic E-state index is 12.6. The fourth-order valence-electron chi connectivity index (χ4n) is 3.65. The highest BCUT2D eigenvalue weighted by Crippen LogP contribution is 2.19. The van der Waals surface area contributed by atoms with E-state index in [2.05, 4.69) is 46.3 Å². The van der Waals surface area contributed by atoms with Crippen molar-refractivity contribution in [3.05, 3.63) is 97.4 Å². The molecule has 0 unspecified atom stereocenters. The fourth-order valence-corrected chi connectivity index (χ4v) is 6.17. The van der Waals surface area contributed by atoms with Gasteiger partial charge in [-0.15, -0.1) is 22.9 Å². The Labute approximate surface area is 235 Å². The molecule has 0 saturated carbocycles. The predicted octanol–water partition coefficient (Wildman–Crippen LogP) is 6.90. The monoisotopic (exact) mass is 566 g/mol. The molecule has 0 aliphatic rings. The Morgan fingerprint density at radius 3 is 1.41 bits per heavy atom. The Kier molecular flexibility index (Phi) is 13.1. The second kappa shape index (κ2) is 15.7. The smallest absolute Gasteiger partial charge is 0.289 e. The molecule has 0 aromatic heterocycles. The molecule has 0 saturated heterocycles. The van der Waals surface area contributed by atoms with Crippen LogP contribution in [0.15, 0.2) is 73.1 Å². The zero-order chi connectivity index (χ0) is 28.9. The second-order valence-corrected chi connectivity index (χ2v) is 19.5. The zero-order valence-corrected chi connectivity index (χ0v) is 25.8. The van der Waals surface area contributed by atoms with Crippen molar-refractivity contribution >= 4 is 38.5 Å². The minimum atomic E-state index is -1.74. The topological polar surface area (TPSA) is 71.1 Å². The average molecular weight is 567 g/mol. The highest BCUT2D eigenvalue weighted by molar-refractivity contribution is 6.94. The van der Waals surface area contributed by atoms with Gasteiger partial charge in [0.25, 0.3) is 0 Å². The minimum absolute atomic E-state index is 0.0949. The second-order valence-electron chi connectivity index (χ2n) is 10.7. The van der Waals surface area contributed by atoms with Gasteiger partial charge in [-0.25, -0.2) is 9.59 Å². The van der Waals surface area contributed by atoms with Crippen LogP contribution in [0.1, 0.15) is 65.7 Å². The van der Waals surface area contributed by atoms with Crippen molar-refractivity contribution in [3.63, 3.8) is 0 Å². The van der Waals surface area contributed by atoms with Gasteiger partial charge in [-0.2, -0.15) is 0 Å². The lowest BCUT2D eigenvalue weighted by molar-refractivity contribution is -0.363. The van der Waals surface area contributed by atoms with Crippen LogP contribution in [0.5, 0.6) is 0 Å². The molecule has 0 amide bonds. The molecule has 6 nitrogen and oxygen atoms in total. The highest BCUT2D eigenvalue weighted by atomic mass is 28.3. The Bertz CT molecular complexity index is 998. The Morgan fingerprint density at radius 1 is 0.641 bits per heavy atom. The van der Waals surface area contributed by atoms with Gasteiger partial charge in [0.05, 0.1) is 11.1 Å². The van der Waals surface area contributed by atoms with E-state index in [0.717, 1.165) is 42.5 Å². The fraction of sp³-hybridized carbons (Fsp3) is 0.355. The van der Waals surface area contributed by atoms with Crippen LogP contribution >= 0.6 is 0 Å². The summed E-state index contributed by atoms with van der Waals surface area (Å²) in [7, 11) is -3.47. The van der Waals surface area contributed by atoms with Crippen molar-refractivity contribution < 1.29 is 29.1 Å². The van der Waals surface area contributed by atoms with Crippen LogP contribution in [-0.2, 0) is 19.6 Å². The van der Waals surface area contributed by atoms with Crippen LogP contribution in [0.4, 0.5) is 0 Å². The first kappa shape index (κ1) is 32.4. The molecule has 8 heteroatoms. The van der Waals surface area contributed by atoms with E-state index in [-0.39, 0.29) is 6.29 Å². The largest absolute Gasteiger partial charge is 0.373 e. The standard InChI is InChI=1S/C31H42O6Si2/c1-8-11-12-13-14-15-16-29(34-36-30(32)25-17-21-27(22-18-25)38(4,5)9-2)35-37-31(33)26-19-23-28(24-20-26)39(6,7)10-3/h9-10,17-24H,1-3,8,11-16H2,4-7H3. The number of hydrogen-bond acceptors (Lipinski definition) is 6. The van der Waals surface area contributed by atoms with Gasteiger partial charge < -0.3 is 0 Å². The van der Waals surface area contributed by atoms with Crippen molar-refractivity contribution in [2.75, 3.05) is 0 Å². The number of carbonyl (C=O) groups excluding carboxylic acids is 2. The Morgan fingerprint density at radius 2 is 1.03 bits per heavy atom. The van der Waals surface area contributed by atoms with Crippen LogP contribution in [0.25, 0.3) is 0 Å². The van der Waals surface area contributed by atoms with Crippen LogP contribution in [-0.4, -0.2) is 28.1 Å². The normalized spacial score (nSPS) is 11.7. The SMILES string of the molecule is [CH2]CCCCCCC[C](OOC(=O)c1ccc([Si](C)(C)C=C)cc1)OOC(=O)c1ccc([Si](C)(C)C=C)cc1. The number of benzene rings is 2. The van der Waals surface area contributed by atoms with Gasteiger partial charge in [0.15, 0.2) is 0 Å². The third-order valence-corrected chi connectivity index (χ3v) is 12.5. The summed E-state index contributed by atoms with van der Waals surface area (Å²) in [5.41, 5.74) is 4.65. The zero-order valence-electron chi connectivity index (χ0n) is 23.8. The summed E-state index contributed by atoms with van der Waals surface area (Å²) < 4.78 is 0. The molecular formula is C31H42O6Si2. The Hall–Kier alpha value is -2.79. The summed E-state index contributed by atoms with van der Waals surface area (Å²) >= 11 is 0. The van der Waals surface area contributed by atoms with Crippen LogP contribution in [0, 0.1) is 13.2 Å². The number of unbranched alkanes of at least 4 members (excludes halogenated alkanes) is 5. The lowest BCUT2D eigenvalue weighted by Gasteiger charge is -2.18. The molecule has 2 radical (unpaired) electrons. The first-order valence-electron chi connectivity index (χ1n) is 13.4. The van der Waals surface area contributed by atoms with E-state index in [1.165, 1.54) is 0 Å². The summed E-state index contributed by atoms with van der Waals surface area (Å²) in [5.74, 6) is -1.35. The number of carbonyl (C=O) groups is 2. The lowest BCUT2D eigenvalue weighted by Crippen LogP contribution is -2.39. The van der Waals surface area contributed by atoms with Crippen molar-refractivity contribution in [2.45, 2.75) is 71.1 Å². The van der Waals surface area contributed by atoms with E-state index in [1.807, 2.05) is 35.7 Å². The lowest BCUT2D eigenvalue weighted by atomic mass is 10.1. The van der Waals surface area contributed by atoms with Gasteiger partial charge in [0.2, 0.25) is 0 Å². The van der Waals surface area contributed by atoms with E-state index >= 15 is 0 Å².